The summed E-state index contributed by atoms with van der Waals surface area (Å²) in [5.74, 6) is 1.67. The van der Waals surface area contributed by atoms with Crippen LogP contribution in [0.15, 0.2) is 15.0 Å². The third-order valence-electron chi connectivity index (χ3n) is 1.70. The van der Waals surface area contributed by atoms with E-state index in [4.69, 9.17) is 15.9 Å². The molecule has 1 aromatic heterocycles. The van der Waals surface area contributed by atoms with E-state index in [0.29, 0.717) is 16.8 Å². The van der Waals surface area contributed by atoms with Crippen LogP contribution in [0, 0.1) is 12.3 Å². The van der Waals surface area contributed by atoms with Crippen LogP contribution in [0.1, 0.15) is 23.9 Å². The molecule has 0 amide bonds. The normalized spacial score (nSPS) is 11.8. The van der Waals surface area contributed by atoms with E-state index in [9.17, 15) is 4.79 Å². The van der Waals surface area contributed by atoms with Crippen molar-refractivity contribution in [3.8, 4) is 12.3 Å². The van der Waals surface area contributed by atoms with Crippen molar-refractivity contribution in [1.29, 1.82) is 0 Å². The monoisotopic (exact) mass is 271 g/mol. The molecule has 0 saturated heterocycles. The van der Waals surface area contributed by atoms with E-state index in [2.05, 4.69) is 27.2 Å². The quantitative estimate of drug-likeness (QED) is 0.827. The van der Waals surface area contributed by atoms with Gasteiger partial charge in [0.05, 0.1) is 4.47 Å². The highest BCUT2D eigenvalue weighted by Crippen LogP contribution is 2.27. The van der Waals surface area contributed by atoms with Crippen LogP contribution < -0.4 is 5.32 Å². The topological polar surface area (TPSA) is 62.5 Å². The largest absolute Gasteiger partial charge is 0.475 e. The first-order chi connectivity index (χ1) is 7.04. The van der Waals surface area contributed by atoms with Gasteiger partial charge in [0, 0.05) is 18.5 Å². The van der Waals surface area contributed by atoms with Gasteiger partial charge in [-0.3, -0.25) is 0 Å². The third-order valence-corrected chi connectivity index (χ3v) is 2.29. The predicted octanol–water partition coefficient (Wildman–Crippen LogP) is 2.56. The number of carboxylic acid groups (broad SMARTS) is 1. The highest BCUT2D eigenvalue weighted by Gasteiger charge is 2.15. The van der Waals surface area contributed by atoms with E-state index in [1.807, 2.05) is 6.92 Å². The smallest absolute Gasteiger partial charge is 0.371 e. The Hall–Kier alpha value is -1.41. The lowest BCUT2D eigenvalue weighted by molar-refractivity contribution is 0.0663. The molecule has 0 spiro atoms. The van der Waals surface area contributed by atoms with Crippen molar-refractivity contribution in [2.75, 3.05) is 5.32 Å². The molecule has 5 heteroatoms. The lowest BCUT2D eigenvalue weighted by Crippen LogP contribution is -2.13. The van der Waals surface area contributed by atoms with E-state index in [0.717, 1.165) is 0 Å². The van der Waals surface area contributed by atoms with Gasteiger partial charge in [-0.1, -0.05) is 0 Å². The fraction of sp³-hybridized carbons (Fsp3) is 0.300. The zero-order chi connectivity index (χ0) is 11.4. The number of nitrogens with one attached hydrogen (secondary N) is 1. The maximum absolute atomic E-state index is 10.6. The van der Waals surface area contributed by atoms with Crippen LogP contribution in [0.3, 0.4) is 0 Å². The number of anilines is 1. The van der Waals surface area contributed by atoms with E-state index < -0.39 is 5.97 Å². The van der Waals surface area contributed by atoms with Crippen molar-refractivity contribution in [3.05, 3.63) is 16.3 Å². The van der Waals surface area contributed by atoms with Gasteiger partial charge in [-0.15, -0.1) is 12.3 Å². The number of carbonyl (C=O) groups is 1. The molecule has 0 aliphatic rings. The fourth-order valence-corrected chi connectivity index (χ4v) is 1.43. The van der Waals surface area contributed by atoms with Crippen molar-refractivity contribution in [2.45, 2.75) is 19.4 Å². The minimum Gasteiger partial charge on any atom is -0.475 e. The summed E-state index contributed by atoms with van der Waals surface area (Å²) in [7, 11) is 0. The van der Waals surface area contributed by atoms with E-state index in [-0.39, 0.29) is 11.8 Å². The van der Waals surface area contributed by atoms with Crippen LogP contribution in [0.5, 0.6) is 0 Å². The number of aromatic carboxylic acids is 1. The summed E-state index contributed by atoms with van der Waals surface area (Å²) in [6.45, 7) is 1.88. The molecule has 80 valence electrons. The van der Waals surface area contributed by atoms with Gasteiger partial charge in [-0.2, -0.15) is 0 Å². The number of rotatable bonds is 4. The summed E-state index contributed by atoms with van der Waals surface area (Å²) in [5.41, 5.74) is 0. The Bertz CT molecular complexity index is 405. The lowest BCUT2D eigenvalue weighted by atomic mass is 10.2. The summed E-state index contributed by atoms with van der Waals surface area (Å²) in [4.78, 5) is 10.6. The molecule has 0 aromatic carbocycles. The Labute approximate surface area is 95.8 Å². The molecule has 1 atom stereocenters. The number of hydrogen-bond acceptors (Lipinski definition) is 3. The number of carboxylic acids is 1. The first kappa shape index (κ1) is 11.7. The highest BCUT2D eigenvalue weighted by molar-refractivity contribution is 9.10. The number of terminal acetylenes is 1. The van der Waals surface area contributed by atoms with Crippen molar-refractivity contribution in [3.63, 3.8) is 0 Å². The van der Waals surface area contributed by atoms with Gasteiger partial charge in [-0.05, 0) is 22.9 Å². The molecule has 0 saturated carbocycles. The summed E-state index contributed by atoms with van der Waals surface area (Å²) < 4.78 is 5.64. The molecule has 1 aromatic rings. The van der Waals surface area contributed by atoms with Crippen molar-refractivity contribution in [1.82, 2.24) is 0 Å². The second-order valence-electron chi connectivity index (χ2n) is 3.05. The van der Waals surface area contributed by atoms with Crippen molar-refractivity contribution < 1.29 is 14.3 Å². The first-order valence-corrected chi connectivity index (χ1v) is 5.06. The zero-order valence-electron chi connectivity index (χ0n) is 8.08. The Balaban J connectivity index is 2.78. The molecule has 0 aliphatic heterocycles. The minimum absolute atomic E-state index is 0.0269. The molecule has 0 radical (unpaired) electrons. The molecule has 4 nitrogen and oxygen atoms in total. The second-order valence-corrected chi connectivity index (χ2v) is 3.90. The van der Waals surface area contributed by atoms with Gasteiger partial charge in [0.15, 0.2) is 0 Å². The number of hydrogen-bond donors (Lipinski definition) is 2. The fourth-order valence-electron chi connectivity index (χ4n) is 1.02. The van der Waals surface area contributed by atoms with Crippen LogP contribution in [-0.4, -0.2) is 17.1 Å². The summed E-state index contributed by atoms with van der Waals surface area (Å²) in [6, 6.07) is 1.42. The van der Waals surface area contributed by atoms with Gasteiger partial charge < -0.3 is 14.8 Å². The maximum Gasteiger partial charge on any atom is 0.371 e. The highest BCUT2D eigenvalue weighted by atomic mass is 79.9. The SMILES string of the molecule is C#CCC(C)Nc1oc(C(=O)O)cc1Br. The van der Waals surface area contributed by atoms with Crippen LogP contribution in [0.25, 0.3) is 0 Å². The summed E-state index contributed by atoms with van der Waals surface area (Å²) >= 11 is 3.19. The van der Waals surface area contributed by atoms with Gasteiger partial charge in [0.2, 0.25) is 11.6 Å². The van der Waals surface area contributed by atoms with Gasteiger partial charge in [0.25, 0.3) is 0 Å². The first-order valence-electron chi connectivity index (χ1n) is 4.27. The van der Waals surface area contributed by atoms with Gasteiger partial charge in [-0.25, -0.2) is 4.79 Å². The lowest BCUT2D eigenvalue weighted by Gasteiger charge is -2.09. The van der Waals surface area contributed by atoms with Crippen LogP contribution in [0.2, 0.25) is 0 Å². The van der Waals surface area contributed by atoms with Crippen LogP contribution in [-0.2, 0) is 0 Å². The minimum atomic E-state index is -1.10. The average Bonchev–Trinajstić information content (AvgIpc) is 2.48. The molecule has 15 heavy (non-hydrogen) atoms. The molecule has 0 bridgehead atoms. The van der Waals surface area contributed by atoms with E-state index in [1.165, 1.54) is 6.07 Å². The van der Waals surface area contributed by atoms with Crippen LogP contribution >= 0.6 is 15.9 Å². The van der Waals surface area contributed by atoms with E-state index >= 15 is 0 Å². The molecular weight excluding hydrogens is 262 g/mol. The maximum atomic E-state index is 10.6. The van der Waals surface area contributed by atoms with Crippen molar-refractivity contribution in [2.24, 2.45) is 0 Å². The summed E-state index contributed by atoms with van der Waals surface area (Å²) in [5, 5.41) is 11.7. The third kappa shape index (κ3) is 3.03. The predicted molar refractivity (Wildman–Crippen MR) is 59.9 cm³/mol. The number of furan rings is 1. The molecule has 1 unspecified atom stereocenters. The summed E-state index contributed by atoms with van der Waals surface area (Å²) in [6.07, 6.45) is 5.69. The molecule has 1 heterocycles. The zero-order valence-corrected chi connectivity index (χ0v) is 9.67. The molecule has 0 aliphatic carbocycles. The molecule has 1 rings (SSSR count). The molecule has 0 fully saturated rings. The Kier molecular flexibility index (Phi) is 3.81. The van der Waals surface area contributed by atoms with Gasteiger partial charge in [0.1, 0.15) is 0 Å². The Morgan fingerprint density at radius 2 is 2.53 bits per heavy atom. The molecule has 2 N–H and O–H groups in total. The Morgan fingerprint density at radius 1 is 1.87 bits per heavy atom. The molecular formula is C10H10BrNO3. The van der Waals surface area contributed by atoms with Crippen molar-refractivity contribution >= 4 is 27.8 Å². The van der Waals surface area contributed by atoms with Gasteiger partial charge >= 0.3 is 5.97 Å². The second kappa shape index (κ2) is 4.89. The standard InChI is InChI=1S/C10H10BrNO3/c1-3-4-6(2)12-9-7(11)5-8(15-9)10(13)14/h1,5-6,12H,4H2,2H3,(H,13,14). The van der Waals surface area contributed by atoms with E-state index in [1.54, 1.807) is 0 Å². The Morgan fingerprint density at radius 3 is 3.00 bits per heavy atom. The van der Waals surface area contributed by atoms with Crippen LogP contribution in [0.4, 0.5) is 5.88 Å². The number of halogens is 1. The average molecular weight is 272 g/mol.